The normalized spacial score (nSPS) is 11.6. The minimum atomic E-state index is -0.260. The van der Waals surface area contributed by atoms with Crippen molar-refractivity contribution < 1.29 is 4.39 Å². The molecule has 0 unspecified atom stereocenters. The molecule has 0 atom stereocenters. The van der Waals surface area contributed by atoms with Crippen LogP contribution in [0.3, 0.4) is 0 Å². The van der Waals surface area contributed by atoms with Gasteiger partial charge in [-0.3, -0.25) is 5.43 Å². The zero-order valence-electron chi connectivity index (χ0n) is 22.5. The van der Waals surface area contributed by atoms with Gasteiger partial charge in [0.1, 0.15) is 5.82 Å². The molecule has 7 rings (SSSR count). The lowest BCUT2D eigenvalue weighted by molar-refractivity contribution is 0.626. The van der Waals surface area contributed by atoms with Crippen LogP contribution in [0.1, 0.15) is 11.3 Å². The molecule has 0 spiro atoms. The van der Waals surface area contributed by atoms with E-state index in [1.165, 1.54) is 23.5 Å². The molecule has 1 N–H and O–H groups in total. The van der Waals surface area contributed by atoms with Crippen LogP contribution in [0.15, 0.2) is 118 Å². The molecule has 0 saturated heterocycles. The van der Waals surface area contributed by atoms with Gasteiger partial charge in [-0.15, -0.1) is 11.3 Å². The van der Waals surface area contributed by atoms with E-state index in [1.54, 1.807) is 6.21 Å². The molecular formula is C34H22BrClFN5S. The lowest BCUT2D eigenvalue weighted by Crippen LogP contribution is -2.03. The summed E-state index contributed by atoms with van der Waals surface area (Å²) >= 11 is 11.7. The summed E-state index contributed by atoms with van der Waals surface area (Å²) in [4.78, 5) is 9.73. The Labute approximate surface area is 264 Å². The second kappa shape index (κ2) is 11.7. The van der Waals surface area contributed by atoms with E-state index in [2.05, 4.69) is 48.1 Å². The van der Waals surface area contributed by atoms with Gasteiger partial charge < -0.3 is 4.57 Å². The highest BCUT2D eigenvalue weighted by Gasteiger charge is 2.19. The van der Waals surface area contributed by atoms with Crippen molar-refractivity contribution in [1.29, 1.82) is 0 Å². The predicted octanol–water partition coefficient (Wildman–Crippen LogP) is 10.0. The van der Waals surface area contributed by atoms with Crippen molar-refractivity contribution in [2.75, 3.05) is 5.43 Å². The van der Waals surface area contributed by atoms with E-state index < -0.39 is 0 Å². The van der Waals surface area contributed by atoms with Gasteiger partial charge in [0.25, 0.3) is 0 Å². The number of pyridine rings is 1. The lowest BCUT2D eigenvalue weighted by atomic mass is 10.1. The maximum atomic E-state index is 13.7. The predicted molar refractivity (Wildman–Crippen MR) is 180 cm³/mol. The molecule has 0 bridgehead atoms. The van der Waals surface area contributed by atoms with Crippen LogP contribution in [0, 0.1) is 5.82 Å². The number of thiazole rings is 1. The van der Waals surface area contributed by atoms with Gasteiger partial charge in [0.15, 0.2) is 0 Å². The Hall–Kier alpha value is -4.37. The van der Waals surface area contributed by atoms with Crippen LogP contribution in [0.2, 0.25) is 5.02 Å². The van der Waals surface area contributed by atoms with Crippen molar-refractivity contribution >= 4 is 72.0 Å². The quantitative estimate of drug-likeness (QED) is 0.136. The maximum Gasteiger partial charge on any atom is 0.203 e. The summed E-state index contributed by atoms with van der Waals surface area (Å²) in [7, 11) is 0. The fourth-order valence-corrected chi connectivity index (χ4v) is 6.33. The molecule has 0 aliphatic carbocycles. The largest absolute Gasteiger partial charge is 0.334 e. The number of halogens is 3. The summed E-state index contributed by atoms with van der Waals surface area (Å²) in [6.45, 7) is 0.545. The van der Waals surface area contributed by atoms with Gasteiger partial charge in [0.2, 0.25) is 5.13 Å². The number of fused-ring (bicyclic) bond motifs is 3. The number of nitrogens with zero attached hydrogens (tertiary/aromatic N) is 4. The molecule has 9 heteroatoms. The zero-order valence-corrected chi connectivity index (χ0v) is 25.7. The highest BCUT2D eigenvalue weighted by molar-refractivity contribution is 9.10. The molecule has 210 valence electrons. The minimum Gasteiger partial charge on any atom is -0.334 e. The Morgan fingerprint density at radius 2 is 1.67 bits per heavy atom. The minimum absolute atomic E-state index is 0.260. The van der Waals surface area contributed by atoms with Crippen LogP contribution in [-0.4, -0.2) is 20.7 Å². The van der Waals surface area contributed by atoms with Gasteiger partial charge in [-0.1, -0.05) is 88.2 Å². The number of anilines is 1. The smallest absolute Gasteiger partial charge is 0.203 e. The summed E-state index contributed by atoms with van der Waals surface area (Å²) in [5.41, 5.74) is 10.2. The third-order valence-corrected chi connectivity index (χ3v) is 8.76. The van der Waals surface area contributed by atoms with Crippen molar-refractivity contribution in [1.82, 2.24) is 14.5 Å². The van der Waals surface area contributed by atoms with Crippen LogP contribution in [-0.2, 0) is 6.54 Å². The van der Waals surface area contributed by atoms with Crippen molar-refractivity contribution in [3.63, 3.8) is 0 Å². The van der Waals surface area contributed by atoms with Crippen LogP contribution < -0.4 is 5.43 Å². The molecule has 5 nitrogen and oxygen atoms in total. The Bertz CT molecular complexity index is 2120. The average Bonchev–Trinajstić information content (AvgIpc) is 3.62. The number of hydrogen-bond donors (Lipinski definition) is 1. The van der Waals surface area contributed by atoms with Crippen molar-refractivity contribution in [3.05, 3.63) is 135 Å². The summed E-state index contributed by atoms with van der Waals surface area (Å²) in [6, 6.07) is 32.6. The van der Waals surface area contributed by atoms with E-state index in [0.29, 0.717) is 22.4 Å². The molecule has 3 aromatic heterocycles. The lowest BCUT2D eigenvalue weighted by Gasteiger charge is -2.13. The number of hydrazone groups is 1. The molecule has 0 aliphatic rings. The topological polar surface area (TPSA) is 55.1 Å². The van der Waals surface area contributed by atoms with Crippen molar-refractivity contribution in [2.24, 2.45) is 5.10 Å². The molecule has 0 fully saturated rings. The standard InChI is InChI=1S/C34H22BrClFN5S/c35-23-13-11-22(12-14-23)30-20-43-34(40-30)41-38-18-25-17-28-26-5-2-4-8-31(26)42(19-21-9-15-24(37)16-10-21)33(28)32(39-25)27-6-1-3-7-29(27)36/h1-18,20H,19H2,(H,40,41). The number of nitrogens with one attached hydrogen (secondary N) is 1. The summed E-state index contributed by atoms with van der Waals surface area (Å²) in [5, 5.41) is 9.87. The Morgan fingerprint density at radius 1 is 0.907 bits per heavy atom. The first-order valence-electron chi connectivity index (χ1n) is 13.5. The summed E-state index contributed by atoms with van der Waals surface area (Å²) in [5.74, 6) is -0.260. The van der Waals surface area contributed by atoms with Crippen molar-refractivity contribution in [2.45, 2.75) is 6.54 Å². The molecule has 4 aromatic carbocycles. The number of para-hydroxylation sites is 1. The van der Waals surface area contributed by atoms with E-state index in [9.17, 15) is 4.39 Å². The van der Waals surface area contributed by atoms with Crippen LogP contribution >= 0.6 is 38.9 Å². The highest BCUT2D eigenvalue weighted by atomic mass is 79.9. The van der Waals surface area contributed by atoms with Crippen LogP contribution in [0.4, 0.5) is 9.52 Å². The first-order chi connectivity index (χ1) is 21.0. The van der Waals surface area contributed by atoms with Gasteiger partial charge in [0, 0.05) is 43.8 Å². The first kappa shape index (κ1) is 27.5. The van der Waals surface area contributed by atoms with E-state index in [4.69, 9.17) is 16.6 Å². The third-order valence-electron chi connectivity index (χ3n) is 7.15. The summed E-state index contributed by atoms with van der Waals surface area (Å²) < 4.78 is 16.9. The third kappa shape index (κ3) is 5.57. The molecule has 0 saturated carbocycles. The second-order valence-electron chi connectivity index (χ2n) is 9.92. The molecule has 0 amide bonds. The van der Waals surface area contributed by atoms with Gasteiger partial charge >= 0.3 is 0 Å². The Balaban J connectivity index is 1.31. The number of hydrogen-bond acceptors (Lipinski definition) is 5. The second-order valence-corrected chi connectivity index (χ2v) is 12.1. The maximum absolute atomic E-state index is 13.7. The van der Waals surface area contributed by atoms with E-state index >= 15 is 0 Å². The van der Waals surface area contributed by atoms with Gasteiger partial charge in [-0.25, -0.2) is 14.4 Å². The fraction of sp³-hybridized carbons (Fsp3) is 0.0294. The van der Waals surface area contributed by atoms with E-state index in [-0.39, 0.29) is 5.82 Å². The first-order valence-corrected chi connectivity index (χ1v) is 15.5. The number of benzene rings is 4. The Morgan fingerprint density at radius 3 is 2.49 bits per heavy atom. The molecule has 7 aromatic rings. The van der Waals surface area contributed by atoms with Gasteiger partial charge in [-0.2, -0.15) is 5.10 Å². The van der Waals surface area contributed by atoms with Crippen molar-refractivity contribution in [3.8, 4) is 22.5 Å². The monoisotopic (exact) mass is 665 g/mol. The van der Waals surface area contributed by atoms with Crippen LogP contribution in [0.25, 0.3) is 44.3 Å². The zero-order chi connectivity index (χ0) is 29.3. The van der Waals surface area contributed by atoms with E-state index in [0.717, 1.165) is 54.4 Å². The van der Waals surface area contributed by atoms with Gasteiger partial charge in [0.05, 0.1) is 33.8 Å². The number of rotatable bonds is 7. The highest BCUT2D eigenvalue weighted by Crippen LogP contribution is 2.38. The fourth-order valence-electron chi connectivity index (χ4n) is 5.17. The van der Waals surface area contributed by atoms with E-state index in [1.807, 2.05) is 84.2 Å². The summed E-state index contributed by atoms with van der Waals surface area (Å²) in [6.07, 6.45) is 1.70. The molecule has 0 aliphatic heterocycles. The average molecular weight is 667 g/mol. The number of aromatic nitrogens is 3. The molecule has 0 radical (unpaired) electrons. The molecular weight excluding hydrogens is 645 g/mol. The van der Waals surface area contributed by atoms with Crippen LogP contribution in [0.5, 0.6) is 0 Å². The Kier molecular flexibility index (Phi) is 7.49. The van der Waals surface area contributed by atoms with Gasteiger partial charge in [-0.05, 0) is 48.0 Å². The molecule has 3 heterocycles. The molecule has 43 heavy (non-hydrogen) atoms. The SMILES string of the molecule is Fc1ccc(Cn2c3ccccc3c3cc(C=NNc4nc(-c5ccc(Br)cc5)cs4)nc(-c4ccccc4Cl)c32)cc1.